The van der Waals surface area contributed by atoms with E-state index in [-0.39, 0.29) is 23.6 Å². The summed E-state index contributed by atoms with van der Waals surface area (Å²) >= 11 is 0. The van der Waals surface area contributed by atoms with Gasteiger partial charge in [-0.2, -0.15) is 0 Å². The molecule has 0 spiro atoms. The van der Waals surface area contributed by atoms with Gasteiger partial charge in [-0.25, -0.2) is 9.18 Å². The van der Waals surface area contributed by atoms with Gasteiger partial charge in [0.1, 0.15) is 11.9 Å². The molecule has 0 saturated carbocycles. The van der Waals surface area contributed by atoms with E-state index < -0.39 is 12.0 Å². The van der Waals surface area contributed by atoms with Gasteiger partial charge in [0.2, 0.25) is 5.91 Å². The number of amides is 1. The summed E-state index contributed by atoms with van der Waals surface area (Å²) in [6.07, 6.45) is 1.52. The van der Waals surface area contributed by atoms with Crippen molar-refractivity contribution < 1.29 is 19.1 Å². The van der Waals surface area contributed by atoms with Gasteiger partial charge in [0, 0.05) is 5.92 Å². The van der Waals surface area contributed by atoms with E-state index in [1.807, 2.05) is 19.9 Å². The van der Waals surface area contributed by atoms with Crippen molar-refractivity contribution in [3.8, 4) is 0 Å². The summed E-state index contributed by atoms with van der Waals surface area (Å²) in [5.74, 6) is -1.72. The van der Waals surface area contributed by atoms with Crippen molar-refractivity contribution in [1.82, 2.24) is 5.32 Å². The summed E-state index contributed by atoms with van der Waals surface area (Å²) in [6, 6.07) is 5.42. The largest absolute Gasteiger partial charge is 0.480 e. The number of aliphatic carboxylic acids is 1. The number of benzene rings is 1. The number of hydrogen-bond donors (Lipinski definition) is 2. The first-order chi connectivity index (χ1) is 10.3. The van der Waals surface area contributed by atoms with E-state index >= 15 is 0 Å². The second kappa shape index (κ2) is 8.51. The van der Waals surface area contributed by atoms with Crippen molar-refractivity contribution >= 4 is 11.9 Å². The highest BCUT2D eigenvalue weighted by Crippen LogP contribution is 2.12. The van der Waals surface area contributed by atoms with Gasteiger partial charge in [-0.1, -0.05) is 32.9 Å². The quantitative estimate of drug-likeness (QED) is 0.776. The van der Waals surface area contributed by atoms with Gasteiger partial charge in [-0.15, -0.1) is 0 Å². The van der Waals surface area contributed by atoms with E-state index in [0.29, 0.717) is 19.3 Å². The third-order valence-electron chi connectivity index (χ3n) is 3.52. The lowest BCUT2D eigenvalue weighted by molar-refractivity contribution is -0.142. The molecule has 2 atom stereocenters. The standard InChI is InChI=1S/C17H24FNO3/c1-11(2)9-15(17(21)22)19-16(20)12(3)7-8-13-5-4-6-14(18)10-13/h4-6,10-12,15H,7-9H2,1-3H3,(H,19,20)(H,21,22)/t12?,15-/m0/s1. The molecule has 122 valence electrons. The molecule has 22 heavy (non-hydrogen) atoms. The van der Waals surface area contributed by atoms with Crippen molar-refractivity contribution in [2.75, 3.05) is 0 Å². The van der Waals surface area contributed by atoms with E-state index in [9.17, 15) is 14.0 Å². The first-order valence-corrected chi connectivity index (χ1v) is 7.57. The molecule has 1 rings (SSSR count). The molecule has 1 amide bonds. The van der Waals surface area contributed by atoms with E-state index in [1.165, 1.54) is 12.1 Å². The Morgan fingerprint density at radius 1 is 1.27 bits per heavy atom. The number of carbonyl (C=O) groups excluding carboxylic acids is 1. The van der Waals surface area contributed by atoms with E-state index in [4.69, 9.17) is 5.11 Å². The number of carboxylic acids is 1. The maximum Gasteiger partial charge on any atom is 0.326 e. The Morgan fingerprint density at radius 2 is 1.95 bits per heavy atom. The highest BCUT2D eigenvalue weighted by Gasteiger charge is 2.23. The normalized spacial score (nSPS) is 13.7. The van der Waals surface area contributed by atoms with Crippen LogP contribution in [0.5, 0.6) is 0 Å². The molecule has 0 aromatic heterocycles. The van der Waals surface area contributed by atoms with Crippen LogP contribution in [0, 0.1) is 17.7 Å². The molecule has 5 heteroatoms. The maximum atomic E-state index is 13.1. The lowest BCUT2D eigenvalue weighted by Gasteiger charge is -2.19. The minimum atomic E-state index is -1.01. The van der Waals surface area contributed by atoms with Crippen molar-refractivity contribution in [2.24, 2.45) is 11.8 Å². The van der Waals surface area contributed by atoms with Crippen molar-refractivity contribution in [3.05, 3.63) is 35.6 Å². The van der Waals surface area contributed by atoms with Gasteiger partial charge in [-0.05, 0) is 42.9 Å². The minimum absolute atomic E-state index is 0.184. The Kier molecular flexibility index (Phi) is 7.02. The Hall–Kier alpha value is -1.91. The van der Waals surface area contributed by atoms with Crippen LogP contribution in [-0.4, -0.2) is 23.0 Å². The van der Waals surface area contributed by atoms with Crippen LogP contribution in [0.3, 0.4) is 0 Å². The predicted octanol–water partition coefficient (Wildman–Crippen LogP) is 3.01. The molecule has 1 unspecified atom stereocenters. The number of hydrogen-bond acceptors (Lipinski definition) is 2. The summed E-state index contributed by atoms with van der Waals surface area (Å²) in [7, 11) is 0. The van der Waals surface area contributed by atoms with E-state index in [2.05, 4.69) is 5.32 Å². The molecule has 0 fully saturated rings. The Bertz CT molecular complexity index is 516. The van der Waals surface area contributed by atoms with Gasteiger partial charge in [0.05, 0.1) is 0 Å². The fraction of sp³-hybridized carbons (Fsp3) is 0.529. The van der Waals surface area contributed by atoms with Gasteiger partial charge >= 0.3 is 5.97 Å². The number of carbonyl (C=O) groups is 2. The molecule has 0 saturated heterocycles. The Morgan fingerprint density at radius 3 is 2.50 bits per heavy atom. The summed E-state index contributed by atoms with van der Waals surface area (Å²) in [6.45, 7) is 5.58. The lowest BCUT2D eigenvalue weighted by Crippen LogP contribution is -2.43. The van der Waals surface area contributed by atoms with Crippen LogP contribution in [0.4, 0.5) is 4.39 Å². The molecule has 2 N–H and O–H groups in total. The van der Waals surface area contributed by atoms with Crippen molar-refractivity contribution in [1.29, 1.82) is 0 Å². The molecule has 0 aliphatic heterocycles. The average Bonchev–Trinajstić information content (AvgIpc) is 2.43. The highest BCUT2D eigenvalue weighted by atomic mass is 19.1. The molecular weight excluding hydrogens is 285 g/mol. The number of rotatable bonds is 8. The van der Waals surface area contributed by atoms with Crippen LogP contribution in [-0.2, 0) is 16.0 Å². The zero-order chi connectivity index (χ0) is 16.7. The molecular formula is C17H24FNO3. The van der Waals surface area contributed by atoms with E-state index in [1.54, 1.807) is 13.0 Å². The molecule has 0 heterocycles. The van der Waals surface area contributed by atoms with Crippen LogP contribution >= 0.6 is 0 Å². The first-order valence-electron chi connectivity index (χ1n) is 7.57. The monoisotopic (exact) mass is 309 g/mol. The van der Waals surface area contributed by atoms with Gasteiger partial charge in [0.15, 0.2) is 0 Å². The predicted molar refractivity (Wildman–Crippen MR) is 82.9 cm³/mol. The summed E-state index contributed by atoms with van der Waals surface area (Å²) in [4.78, 5) is 23.2. The Labute approximate surface area is 130 Å². The molecule has 4 nitrogen and oxygen atoms in total. The second-order valence-electron chi connectivity index (χ2n) is 6.10. The van der Waals surface area contributed by atoms with Crippen molar-refractivity contribution in [2.45, 2.75) is 46.1 Å². The lowest BCUT2D eigenvalue weighted by atomic mass is 9.98. The molecule has 0 bridgehead atoms. The number of carboxylic acid groups (broad SMARTS) is 1. The van der Waals surface area contributed by atoms with Crippen molar-refractivity contribution in [3.63, 3.8) is 0 Å². The molecule has 0 aliphatic carbocycles. The SMILES string of the molecule is CC(C)C[C@H](NC(=O)C(C)CCc1cccc(F)c1)C(=O)O. The van der Waals surface area contributed by atoms with Crippen LogP contribution in [0.15, 0.2) is 24.3 Å². The summed E-state index contributed by atoms with van der Waals surface area (Å²) in [5.41, 5.74) is 0.830. The topological polar surface area (TPSA) is 66.4 Å². The number of nitrogens with one attached hydrogen (secondary N) is 1. The maximum absolute atomic E-state index is 13.1. The fourth-order valence-corrected chi connectivity index (χ4v) is 2.21. The second-order valence-corrected chi connectivity index (χ2v) is 6.10. The number of halogens is 1. The zero-order valence-corrected chi connectivity index (χ0v) is 13.3. The third-order valence-corrected chi connectivity index (χ3v) is 3.52. The van der Waals surface area contributed by atoms with Crippen LogP contribution in [0.2, 0.25) is 0 Å². The van der Waals surface area contributed by atoms with Gasteiger partial charge in [0.25, 0.3) is 0 Å². The average molecular weight is 309 g/mol. The summed E-state index contributed by atoms with van der Waals surface area (Å²) in [5, 5.41) is 11.7. The highest BCUT2D eigenvalue weighted by molar-refractivity contribution is 5.84. The van der Waals surface area contributed by atoms with Crippen LogP contribution in [0.1, 0.15) is 39.2 Å². The third kappa shape index (κ3) is 6.24. The van der Waals surface area contributed by atoms with Gasteiger partial charge < -0.3 is 10.4 Å². The zero-order valence-electron chi connectivity index (χ0n) is 13.3. The molecule has 1 aromatic rings. The van der Waals surface area contributed by atoms with E-state index in [0.717, 1.165) is 5.56 Å². The molecule has 0 radical (unpaired) electrons. The smallest absolute Gasteiger partial charge is 0.326 e. The fourth-order valence-electron chi connectivity index (χ4n) is 2.21. The number of aryl methyl sites for hydroxylation is 1. The van der Waals surface area contributed by atoms with Crippen LogP contribution < -0.4 is 5.32 Å². The minimum Gasteiger partial charge on any atom is -0.480 e. The Balaban J connectivity index is 2.51. The summed E-state index contributed by atoms with van der Waals surface area (Å²) < 4.78 is 13.1. The molecule has 1 aromatic carbocycles. The van der Waals surface area contributed by atoms with Crippen LogP contribution in [0.25, 0.3) is 0 Å². The molecule has 0 aliphatic rings. The first kappa shape index (κ1) is 18.1. The van der Waals surface area contributed by atoms with Gasteiger partial charge in [-0.3, -0.25) is 4.79 Å².